The second-order valence-electron chi connectivity index (χ2n) is 11.3. The maximum atomic E-state index is 14.6. The number of thiazole rings is 1. The van der Waals surface area contributed by atoms with E-state index in [1.807, 2.05) is 5.38 Å². The third kappa shape index (κ3) is 6.51. The highest BCUT2D eigenvalue weighted by Gasteiger charge is 2.40. The summed E-state index contributed by atoms with van der Waals surface area (Å²) >= 11 is 1.40. The molecule has 1 fully saturated rings. The fourth-order valence-corrected chi connectivity index (χ4v) is 6.41. The topological polar surface area (TPSA) is 135 Å². The van der Waals surface area contributed by atoms with E-state index in [0.29, 0.717) is 65.7 Å². The summed E-state index contributed by atoms with van der Waals surface area (Å²) in [5, 5.41) is 26.3. The molecular weight excluding hydrogens is 573 g/mol. The molecule has 12 heteroatoms. The number of halogens is 1. The van der Waals surface area contributed by atoms with Crippen molar-refractivity contribution in [2.24, 2.45) is 10.9 Å². The first-order chi connectivity index (χ1) is 20.6. The van der Waals surface area contributed by atoms with Crippen LogP contribution in [0.5, 0.6) is 0 Å². The molecule has 0 radical (unpaired) electrons. The van der Waals surface area contributed by atoms with Crippen LogP contribution in [-0.4, -0.2) is 87.3 Å². The number of aliphatic carboxylic acids is 1. The minimum atomic E-state index is -1.05. The number of amides is 1. The van der Waals surface area contributed by atoms with Gasteiger partial charge in [-0.05, 0) is 50.0 Å². The van der Waals surface area contributed by atoms with Crippen molar-refractivity contribution in [3.05, 3.63) is 86.8 Å². The van der Waals surface area contributed by atoms with E-state index in [0.717, 1.165) is 12.7 Å². The van der Waals surface area contributed by atoms with Crippen molar-refractivity contribution in [2.75, 3.05) is 26.2 Å². The number of nitrogens with zero attached hydrogens (tertiary/aromatic N) is 4. The van der Waals surface area contributed by atoms with Crippen LogP contribution in [0.4, 0.5) is 4.39 Å². The molecule has 1 aromatic carbocycles. The summed E-state index contributed by atoms with van der Waals surface area (Å²) in [6, 6.07) is 3.72. The molecule has 3 unspecified atom stereocenters. The Morgan fingerprint density at radius 1 is 1.35 bits per heavy atom. The zero-order valence-corrected chi connectivity index (χ0v) is 24.8. The van der Waals surface area contributed by atoms with Crippen molar-refractivity contribution < 1.29 is 29.0 Å². The molecule has 226 valence electrons. The molecule has 3 heterocycles. The molecule has 2 aliphatic heterocycles. The number of rotatable bonds is 10. The summed E-state index contributed by atoms with van der Waals surface area (Å²) in [5.41, 5.74) is 1.17. The number of amidine groups is 1. The van der Waals surface area contributed by atoms with Crippen LogP contribution in [0.1, 0.15) is 41.9 Å². The lowest BCUT2D eigenvalue weighted by atomic mass is 9.81. The summed E-state index contributed by atoms with van der Waals surface area (Å²) < 4.78 is 14.6. The second kappa shape index (κ2) is 12.7. The van der Waals surface area contributed by atoms with Gasteiger partial charge in [0, 0.05) is 54.9 Å². The van der Waals surface area contributed by atoms with Gasteiger partial charge in [0.25, 0.3) is 0 Å². The summed E-state index contributed by atoms with van der Waals surface area (Å²) in [5.74, 6) is -1.22. The quantitative estimate of drug-likeness (QED) is 0.351. The number of carbonyl (C=O) groups excluding carboxylic acids is 2. The monoisotopic (exact) mass is 607 g/mol. The molecule has 3 N–H and O–H groups in total. The number of aliphatic imine (C=N–C) groups is 1. The smallest absolute Gasteiger partial charge is 0.335 e. The highest BCUT2D eigenvalue weighted by Crippen LogP contribution is 2.35. The zero-order chi connectivity index (χ0) is 30.7. The summed E-state index contributed by atoms with van der Waals surface area (Å²) in [6.45, 7) is 5.02. The van der Waals surface area contributed by atoms with Gasteiger partial charge in [-0.2, -0.15) is 0 Å². The first kappa shape index (κ1) is 30.5. The molecule has 1 amide bonds. The fourth-order valence-electron chi connectivity index (χ4n) is 5.82. The van der Waals surface area contributed by atoms with Gasteiger partial charge in [-0.25, -0.2) is 14.2 Å². The predicted octanol–water partition coefficient (Wildman–Crippen LogP) is 3.01. The average molecular weight is 608 g/mol. The number of benzene rings is 1. The van der Waals surface area contributed by atoms with E-state index >= 15 is 0 Å². The number of piperidine rings is 1. The van der Waals surface area contributed by atoms with Gasteiger partial charge in [0.05, 0.1) is 17.2 Å². The van der Waals surface area contributed by atoms with Crippen LogP contribution in [-0.2, 0) is 14.4 Å². The normalized spacial score (nSPS) is 25.9. The first-order valence-electron chi connectivity index (χ1n) is 14.1. The summed E-state index contributed by atoms with van der Waals surface area (Å²) in [4.78, 5) is 48.8. The Labute approximate surface area is 252 Å². The number of hydrogen-bond acceptors (Lipinski definition) is 9. The van der Waals surface area contributed by atoms with Crippen LogP contribution in [0.3, 0.4) is 0 Å². The van der Waals surface area contributed by atoms with Crippen LogP contribution in [0, 0.1) is 18.7 Å². The molecule has 2 aromatic rings. The van der Waals surface area contributed by atoms with E-state index in [-0.39, 0.29) is 29.9 Å². The molecule has 5 rings (SSSR count). The average Bonchev–Trinajstić information content (AvgIpc) is 3.54. The molecule has 4 atom stereocenters. The third-order valence-corrected chi connectivity index (χ3v) is 9.31. The number of aromatic nitrogens is 1. The van der Waals surface area contributed by atoms with Crippen molar-refractivity contribution in [2.45, 2.75) is 44.4 Å². The molecule has 1 saturated heterocycles. The van der Waals surface area contributed by atoms with Crippen molar-refractivity contribution in [1.29, 1.82) is 0 Å². The maximum Gasteiger partial charge on any atom is 0.335 e. The van der Waals surface area contributed by atoms with Gasteiger partial charge in [-0.1, -0.05) is 24.3 Å². The molecule has 3 aliphatic rings. The molecule has 0 spiro atoms. The number of hydrogen-bond donors (Lipinski definition) is 3. The van der Waals surface area contributed by atoms with Gasteiger partial charge < -0.3 is 20.4 Å². The number of carbonyl (C=O) groups is 3. The van der Waals surface area contributed by atoms with Crippen LogP contribution in [0.25, 0.3) is 0 Å². The van der Waals surface area contributed by atoms with Crippen LogP contribution >= 0.6 is 11.3 Å². The predicted molar refractivity (Wildman–Crippen MR) is 160 cm³/mol. The zero-order valence-electron chi connectivity index (χ0n) is 23.9. The van der Waals surface area contributed by atoms with E-state index in [2.05, 4.69) is 15.2 Å². The van der Waals surface area contributed by atoms with Gasteiger partial charge in [-0.3, -0.25) is 19.5 Å². The standard InChI is InChI=1S/C31H34FN5O5S/c1-19-23(4-3-5-25(19)32)27-24(17-38)26(34-28(35-27)29-33-11-13-43-29)16-36-12-10-31(2,42)21(14-36)15-37(18-39)22-8-6-20(7-9-22)30(40)41/h3-8,11,13,17-18,21-22,27,42H,9-10,12,14-16H2,1-2H3,(H,34,35)(H,40,41)/t21?,22?,27-,31?/m0/s1. The van der Waals surface area contributed by atoms with Crippen molar-refractivity contribution in [3.8, 4) is 0 Å². The first-order valence-corrected chi connectivity index (χ1v) is 14.9. The minimum Gasteiger partial charge on any atom is -0.478 e. The molecule has 1 aromatic heterocycles. The van der Waals surface area contributed by atoms with Crippen molar-refractivity contribution in [1.82, 2.24) is 20.1 Å². The van der Waals surface area contributed by atoms with Crippen molar-refractivity contribution in [3.63, 3.8) is 0 Å². The van der Waals surface area contributed by atoms with Crippen LogP contribution < -0.4 is 5.32 Å². The van der Waals surface area contributed by atoms with E-state index in [1.54, 1.807) is 49.2 Å². The maximum absolute atomic E-state index is 14.6. The Morgan fingerprint density at radius 2 is 2.16 bits per heavy atom. The second-order valence-corrected chi connectivity index (χ2v) is 12.2. The van der Waals surface area contributed by atoms with E-state index in [4.69, 9.17) is 4.99 Å². The SMILES string of the molecule is Cc1c(F)cccc1[C@@H]1N=C(c2nccs2)NC(CN2CCC(C)(O)C(CN(C=O)C3C=CC(C(=O)O)=CC3)C2)=C1C=O. The van der Waals surface area contributed by atoms with Crippen LogP contribution in [0.15, 0.2) is 69.8 Å². The molecule has 10 nitrogen and oxygen atoms in total. The molecule has 0 bridgehead atoms. The van der Waals surface area contributed by atoms with Gasteiger partial charge in [0.1, 0.15) is 18.1 Å². The third-order valence-electron chi connectivity index (χ3n) is 8.53. The lowest BCUT2D eigenvalue weighted by Gasteiger charge is -2.45. The number of aldehydes is 1. The van der Waals surface area contributed by atoms with Gasteiger partial charge in [-0.15, -0.1) is 11.3 Å². The van der Waals surface area contributed by atoms with E-state index in [9.17, 15) is 29.0 Å². The summed E-state index contributed by atoms with van der Waals surface area (Å²) in [7, 11) is 0. The lowest BCUT2D eigenvalue weighted by molar-refractivity contribution is -0.132. The van der Waals surface area contributed by atoms with Gasteiger partial charge in [0.2, 0.25) is 6.41 Å². The summed E-state index contributed by atoms with van der Waals surface area (Å²) in [6.07, 6.45) is 8.78. The van der Waals surface area contributed by atoms with E-state index < -0.39 is 17.6 Å². The lowest BCUT2D eigenvalue weighted by Crippen LogP contribution is -2.55. The van der Waals surface area contributed by atoms with E-state index in [1.165, 1.54) is 23.5 Å². The Bertz CT molecular complexity index is 1520. The number of aliphatic hydroxyl groups is 1. The number of carboxylic acids is 1. The highest BCUT2D eigenvalue weighted by molar-refractivity contribution is 7.11. The van der Waals surface area contributed by atoms with Crippen molar-refractivity contribution >= 4 is 35.8 Å². The minimum absolute atomic E-state index is 0.185. The Hall–Kier alpha value is -4.00. The number of likely N-dealkylation sites (tertiary alicyclic amines) is 1. The Morgan fingerprint density at radius 3 is 2.81 bits per heavy atom. The molecule has 43 heavy (non-hydrogen) atoms. The number of carboxylic acid groups (broad SMARTS) is 1. The Kier molecular flexibility index (Phi) is 9.00. The van der Waals surface area contributed by atoms with Gasteiger partial charge >= 0.3 is 5.97 Å². The largest absolute Gasteiger partial charge is 0.478 e. The fraction of sp³-hybridized carbons (Fsp3) is 0.387. The molecule has 0 saturated carbocycles. The highest BCUT2D eigenvalue weighted by atomic mass is 32.1. The molecule has 1 aliphatic carbocycles. The molecular formula is C31H34FN5O5S. The number of nitrogens with one attached hydrogen (secondary N) is 1. The Balaban J connectivity index is 1.39. The van der Waals surface area contributed by atoms with Gasteiger partial charge in [0.15, 0.2) is 10.8 Å². The van der Waals surface area contributed by atoms with Crippen LogP contribution in [0.2, 0.25) is 0 Å².